The standard InChI is InChI=1S/C14H21NO2/c1-14(16,12-6-3-2-4-7-12)11-17-10-13-8-5-9-15-13/h2-4,6-7,13,15-16H,5,8-11H2,1H3. The van der Waals surface area contributed by atoms with Crippen LogP contribution in [0.25, 0.3) is 0 Å². The van der Waals surface area contributed by atoms with Gasteiger partial charge in [-0.15, -0.1) is 0 Å². The Morgan fingerprint density at radius 2 is 2.18 bits per heavy atom. The van der Waals surface area contributed by atoms with Crippen LogP contribution in [-0.2, 0) is 10.3 Å². The number of benzene rings is 1. The summed E-state index contributed by atoms with van der Waals surface area (Å²) in [5.41, 5.74) is -0.000708. The van der Waals surface area contributed by atoms with Crippen LogP contribution >= 0.6 is 0 Å². The number of rotatable bonds is 5. The lowest BCUT2D eigenvalue weighted by molar-refractivity contribution is -0.0416. The van der Waals surface area contributed by atoms with Crippen molar-refractivity contribution in [1.29, 1.82) is 0 Å². The maximum Gasteiger partial charge on any atom is 0.110 e. The lowest BCUT2D eigenvalue weighted by atomic mass is 9.97. The number of aliphatic hydroxyl groups is 1. The van der Waals surface area contributed by atoms with Crippen molar-refractivity contribution in [3.63, 3.8) is 0 Å². The Labute approximate surface area is 103 Å². The molecule has 1 aliphatic rings. The second-order valence-corrected chi connectivity index (χ2v) is 4.95. The predicted molar refractivity (Wildman–Crippen MR) is 67.9 cm³/mol. The van der Waals surface area contributed by atoms with Crippen LogP contribution < -0.4 is 5.32 Å². The predicted octanol–water partition coefficient (Wildman–Crippen LogP) is 1.66. The second-order valence-electron chi connectivity index (χ2n) is 4.95. The minimum absolute atomic E-state index is 0.342. The maximum atomic E-state index is 10.3. The number of ether oxygens (including phenoxy) is 1. The Morgan fingerprint density at radius 1 is 1.41 bits per heavy atom. The van der Waals surface area contributed by atoms with E-state index >= 15 is 0 Å². The van der Waals surface area contributed by atoms with Gasteiger partial charge in [-0.2, -0.15) is 0 Å². The highest BCUT2D eigenvalue weighted by molar-refractivity contribution is 5.21. The minimum Gasteiger partial charge on any atom is -0.383 e. The molecule has 2 rings (SSSR count). The smallest absolute Gasteiger partial charge is 0.110 e. The van der Waals surface area contributed by atoms with Crippen molar-refractivity contribution < 1.29 is 9.84 Å². The van der Waals surface area contributed by atoms with E-state index in [-0.39, 0.29) is 0 Å². The van der Waals surface area contributed by atoms with E-state index in [0.29, 0.717) is 19.3 Å². The molecule has 3 nitrogen and oxygen atoms in total. The number of hydrogen-bond acceptors (Lipinski definition) is 3. The molecule has 0 bridgehead atoms. The van der Waals surface area contributed by atoms with Gasteiger partial charge >= 0.3 is 0 Å². The van der Waals surface area contributed by atoms with Crippen molar-refractivity contribution in [1.82, 2.24) is 5.32 Å². The van der Waals surface area contributed by atoms with Gasteiger partial charge in [0, 0.05) is 6.04 Å². The largest absolute Gasteiger partial charge is 0.383 e. The molecule has 0 amide bonds. The summed E-state index contributed by atoms with van der Waals surface area (Å²) in [5, 5.41) is 13.7. The lowest BCUT2D eigenvalue weighted by Gasteiger charge is -2.24. The van der Waals surface area contributed by atoms with Crippen LogP contribution in [0, 0.1) is 0 Å². The molecule has 2 unspecified atom stereocenters. The zero-order chi connectivity index (χ0) is 12.1. The van der Waals surface area contributed by atoms with Crippen molar-refractivity contribution >= 4 is 0 Å². The Hall–Kier alpha value is -0.900. The van der Waals surface area contributed by atoms with Gasteiger partial charge < -0.3 is 15.2 Å². The summed E-state index contributed by atoms with van der Waals surface area (Å²) in [4.78, 5) is 0. The summed E-state index contributed by atoms with van der Waals surface area (Å²) in [7, 11) is 0. The van der Waals surface area contributed by atoms with Gasteiger partial charge in [0.25, 0.3) is 0 Å². The molecule has 94 valence electrons. The quantitative estimate of drug-likeness (QED) is 0.815. The monoisotopic (exact) mass is 235 g/mol. The summed E-state index contributed by atoms with van der Waals surface area (Å²) in [6.45, 7) is 3.91. The first-order valence-electron chi connectivity index (χ1n) is 6.27. The van der Waals surface area contributed by atoms with Gasteiger partial charge in [-0.05, 0) is 31.9 Å². The molecule has 2 N–H and O–H groups in total. The van der Waals surface area contributed by atoms with E-state index in [9.17, 15) is 5.11 Å². The fraction of sp³-hybridized carbons (Fsp3) is 0.571. The summed E-state index contributed by atoms with van der Waals surface area (Å²) >= 11 is 0. The van der Waals surface area contributed by atoms with Crippen LogP contribution in [-0.4, -0.2) is 30.9 Å². The fourth-order valence-electron chi connectivity index (χ4n) is 2.18. The van der Waals surface area contributed by atoms with E-state index in [2.05, 4.69) is 5.32 Å². The van der Waals surface area contributed by atoms with Gasteiger partial charge in [0.1, 0.15) is 5.60 Å². The summed E-state index contributed by atoms with van der Waals surface area (Å²) in [6.07, 6.45) is 2.40. The van der Waals surface area contributed by atoms with E-state index in [4.69, 9.17) is 4.74 Å². The van der Waals surface area contributed by atoms with Gasteiger partial charge in [-0.3, -0.25) is 0 Å². The molecule has 0 saturated carbocycles. The first kappa shape index (κ1) is 12.6. The molecule has 0 spiro atoms. The molecular formula is C14H21NO2. The first-order chi connectivity index (χ1) is 8.18. The molecule has 17 heavy (non-hydrogen) atoms. The van der Waals surface area contributed by atoms with Crippen LogP contribution in [0.4, 0.5) is 0 Å². The van der Waals surface area contributed by atoms with Crippen LogP contribution in [0.3, 0.4) is 0 Å². The van der Waals surface area contributed by atoms with Crippen molar-refractivity contribution in [2.45, 2.75) is 31.4 Å². The first-order valence-corrected chi connectivity index (χ1v) is 6.27. The Balaban J connectivity index is 1.80. The Kier molecular flexibility index (Phi) is 4.15. The van der Waals surface area contributed by atoms with Crippen molar-refractivity contribution in [2.75, 3.05) is 19.8 Å². The Morgan fingerprint density at radius 3 is 2.82 bits per heavy atom. The molecule has 1 saturated heterocycles. The average Bonchev–Trinajstić information content (AvgIpc) is 2.83. The molecule has 2 atom stereocenters. The highest BCUT2D eigenvalue weighted by atomic mass is 16.5. The van der Waals surface area contributed by atoms with Crippen LogP contribution in [0.1, 0.15) is 25.3 Å². The van der Waals surface area contributed by atoms with E-state index in [1.165, 1.54) is 12.8 Å². The third-order valence-corrected chi connectivity index (χ3v) is 3.26. The molecule has 0 aromatic heterocycles. The van der Waals surface area contributed by atoms with E-state index in [1.54, 1.807) is 6.92 Å². The molecule has 1 fully saturated rings. The van der Waals surface area contributed by atoms with Gasteiger partial charge in [0.2, 0.25) is 0 Å². The van der Waals surface area contributed by atoms with Crippen molar-refractivity contribution in [3.05, 3.63) is 35.9 Å². The minimum atomic E-state index is -0.903. The number of hydrogen-bond donors (Lipinski definition) is 2. The third-order valence-electron chi connectivity index (χ3n) is 3.26. The zero-order valence-corrected chi connectivity index (χ0v) is 10.4. The van der Waals surface area contributed by atoms with Crippen LogP contribution in [0.2, 0.25) is 0 Å². The molecular weight excluding hydrogens is 214 g/mol. The molecule has 0 radical (unpaired) electrons. The maximum absolute atomic E-state index is 10.3. The van der Waals surface area contributed by atoms with E-state index in [0.717, 1.165) is 12.1 Å². The van der Waals surface area contributed by atoms with Gasteiger partial charge in [-0.1, -0.05) is 30.3 Å². The van der Waals surface area contributed by atoms with Gasteiger partial charge in [0.15, 0.2) is 0 Å². The molecule has 1 aromatic carbocycles. The van der Waals surface area contributed by atoms with E-state index < -0.39 is 5.60 Å². The normalized spacial score (nSPS) is 23.5. The van der Waals surface area contributed by atoms with Crippen molar-refractivity contribution in [3.8, 4) is 0 Å². The number of nitrogens with one attached hydrogen (secondary N) is 1. The highest BCUT2D eigenvalue weighted by Gasteiger charge is 2.24. The molecule has 1 aromatic rings. The van der Waals surface area contributed by atoms with Gasteiger partial charge in [-0.25, -0.2) is 0 Å². The summed E-state index contributed by atoms with van der Waals surface area (Å²) in [6, 6.07) is 10.1. The van der Waals surface area contributed by atoms with Crippen molar-refractivity contribution in [2.24, 2.45) is 0 Å². The van der Waals surface area contributed by atoms with Crippen LogP contribution in [0.5, 0.6) is 0 Å². The Bertz CT molecular complexity index is 331. The fourth-order valence-corrected chi connectivity index (χ4v) is 2.18. The van der Waals surface area contributed by atoms with Crippen LogP contribution in [0.15, 0.2) is 30.3 Å². The van der Waals surface area contributed by atoms with Gasteiger partial charge in [0.05, 0.1) is 13.2 Å². The highest BCUT2D eigenvalue weighted by Crippen LogP contribution is 2.20. The topological polar surface area (TPSA) is 41.5 Å². The summed E-state index contributed by atoms with van der Waals surface area (Å²) < 4.78 is 5.62. The average molecular weight is 235 g/mol. The zero-order valence-electron chi connectivity index (χ0n) is 10.4. The molecule has 0 aliphatic carbocycles. The lowest BCUT2D eigenvalue weighted by Crippen LogP contribution is -2.32. The second kappa shape index (κ2) is 5.63. The SMILES string of the molecule is CC(O)(COCC1CCCN1)c1ccccc1. The molecule has 1 heterocycles. The third kappa shape index (κ3) is 3.53. The summed E-state index contributed by atoms with van der Waals surface area (Å²) in [5.74, 6) is 0. The molecule has 3 heteroatoms. The molecule has 1 aliphatic heterocycles. The van der Waals surface area contributed by atoms with E-state index in [1.807, 2.05) is 30.3 Å².